The van der Waals surface area contributed by atoms with Crippen molar-refractivity contribution in [1.82, 2.24) is 9.80 Å². The first-order chi connectivity index (χ1) is 7.19. The molecule has 84 valence electrons. The Morgan fingerprint density at radius 3 is 2.40 bits per heavy atom. The Morgan fingerprint density at radius 1 is 1.47 bits per heavy atom. The Bertz CT molecular complexity index is 240. The Balaban J connectivity index is 2.27. The number of amides is 1. The first-order valence-electron chi connectivity index (χ1n) is 5.42. The van der Waals surface area contributed by atoms with Crippen molar-refractivity contribution in [2.24, 2.45) is 0 Å². The van der Waals surface area contributed by atoms with Crippen LogP contribution in [0.2, 0.25) is 0 Å². The summed E-state index contributed by atoms with van der Waals surface area (Å²) >= 11 is 0. The van der Waals surface area contributed by atoms with E-state index in [-0.39, 0.29) is 5.91 Å². The first kappa shape index (κ1) is 12.0. The minimum atomic E-state index is 0.189. The fourth-order valence-electron chi connectivity index (χ4n) is 1.59. The van der Waals surface area contributed by atoms with Gasteiger partial charge in [0.25, 0.3) is 0 Å². The second kappa shape index (κ2) is 5.71. The molecule has 2 atom stereocenters. The molecule has 1 aliphatic rings. The lowest BCUT2D eigenvalue weighted by atomic mass is 10.3. The second-order valence-corrected chi connectivity index (χ2v) is 3.97. The van der Waals surface area contributed by atoms with E-state index in [0.29, 0.717) is 25.6 Å². The monoisotopic (exact) mass is 208 g/mol. The number of nitrogens with zero attached hydrogens (tertiary/aromatic N) is 2. The lowest BCUT2D eigenvalue weighted by Gasteiger charge is -2.19. The van der Waals surface area contributed by atoms with Crippen molar-refractivity contribution < 1.29 is 4.79 Å². The number of carbonyl (C=O) groups excluding carboxylic acids is 1. The summed E-state index contributed by atoms with van der Waals surface area (Å²) in [6.45, 7) is 12.7. The highest BCUT2D eigenvalue weighted by Gasteiger charge is 2.29. The Kier molecular flexibility index (Phi) is 4.56. The molecule has 0 spiro atoms. The van der Waals surface area contributed by atoms with E-state index in [1.807, 2.05) is 0 Å². The predicted molar refractivity (Wildman–Crippen MR) is 62.6 cm³/mol. The molecule has 1 heterocycles. The highest BCUT2D eigenvalue weighted by molar-refractivity contribution is 5.76. The van der Waals surface area contributed by atoms with Gasteiger partial charge < -0.3 is 4.90 Å². The molecule has 0 saturated carbocycles. The van der Waals surface area contributed by atoms with Gasteiger partial charge in [-0.2, -0.15) is 0 Å². The zero-order valence-electron chi connectivity index (χ0n) is 9.48. The summed E-state index contributed by atoms with van der Waals surface area (Å²) < 4.78 is 0. The van der Waals surface area contributed by atoms with Crippen LogP contribution in [-0.2, 0) is 4.79 Å². The molecular formula is C12H20N2O. The molecule has 1 unspecified atom stereocenters. The van der Waals surface area contributed by atoms with Crippen LogP contribution >= 0.6 is 0 Å². The molecule has 0 aromatic carbocycles. The zero-order chi connectivity index (χ0) is 11.3. The van der Waals surface area contributed by atoms with Crippen molar-refractivity contribution in [1.29, 1.82) is 0 Å². The Morgan fingerprint density at radius 2 is 2.00 bits per heavy atom. The molecule has 1 rings (SSSR count). The molecule has 0 aromatic heterocycles. The molecule has 0 aromatic rings. The van der Waals surface area contributed by atoms with Crippen LogP contribution < -0.4 is 0 Å². The van der Waals surface area contributed by atoms with Gasteiger partial charge in [-0.3, -0.25) is 9.69 Å². The van der Waals surface area contributed by atoms with E-state index >= 15 is 0 Å². The van der Waals surface area contributed by atoms with E-state index in [2.05, 4.69) is 25.0 Å². The third-order valence-corrected chi connectivity index (χ3v) is 2.65. The van der Waals surface area contributed by atoms with E-state index < -0.39 is 0 Å². The Labute approximate surface area is 92.0 Å². The fourth-order valence-corrected chi connectivity index (χ4v) is 1.59. The number of hydrogen-bond acceptors (Lipinski definition) is 2. The molecule has 0 bridgehead atoms. The lowest BCUT2D eigenvalue weighted by molar-refractivity contribution is -0.130. The fraction of sp³-hybridized carbons (Fsp3) is 0.583. The standard InChI is InChI=1S/C12H20N2O/c1-4-7-13(8-5-2)12(15)6-9-14-10-11(14)3/h4-5,11H,1-2,6-10H2,3H3/t11-,14?/m0/s1. The van der Waals surface area contributed by atoms with Crippen LogP contribution in [0.5, 0.6) is 0 Å². The van der Waals surface area contributed by atoms with Crippen LogP contribution in [0.15, 0.2) is 25.3 Å². The van der Waals surface area contributed by atoms with Crippen molar-refractivity contribution in [3.63, 3.8) is 0 Å². The molecule has 0 radical (unpaired) electrons. The summed E-state index contributed by atoms with van der Waals surface area (Å²) in [4.78, 5) is 15.8. The molecule has 0 N–H and O–H groups in total. The summed E-state index contributed by atoms with van der Waals surface area (Å²) in [6, 6.07) is 0.671. The SMILES string of the molecule is C=CCN(CC=C)C(=O)CCN1C[C@@H]1C. The van der Waals surface area contributed by atoms with Crippen LogP contribution in [0.3, 0.4) is 0 Å². The van der Waals surface area contributed by atoms with Crippen molar-refractivity contribution in [3.05, 3.63) is 25.3 Å². The summed E-state index contributed by atoms with van der Waals surface area (Å²) in [5, 5.41) is 0. The van der Waals surface area contributed by atoms with Gasteiger partial charge in [0.2, 0.25) is 5.91 Å². The number of hydrogen-bond donors (Lipinski definition) is 0. The van der Waals surface area contributed by atoms with Crippen LogP contribution in [0, 0.1) is 0 Å². The molecule has 0 aliphatic carbocycles. The lowest BCUT2D eigenvalue weighted by Crippen LogP contribution is -2.32. The van der Waals surface area contributed by atoms with E-state index in [9.17, 15) is 4.79 Å². The largest absolute Gasteiger partial charge is 0.335 e. The van der Waals surface area contributed by atoms with E-state index in [0.717, 1.165) is 13.1 Å². The maximum absolute atomic E-state index is 11.8. The van der Waals surface area contributed by atoms with Crippen molar-refractivity contribution in [2.45, 2.75) is 19.4 Å². The van der Waals surface area contributed by atoms with E-state index in [1.54, 1.807) is 17.1 Å². The minimum Gasteiger partial charge on any atom is -0.335 e. The van der Waals surface area contributed by atoms with Gasteiger partial charge in [0.1, 0.15) is 0 Å². The smallest absolute Gasteiger partial charge is 0.224 e. The normalized spacial score (nSPS) is 23.3. The summed E-state index contributed by atoms with van der Waals surface area (Å²) in [7, 11) is 0. The quantitative estimate of drug-likeness (QED) is 0.465. The molecule has 1 amide bonds. The van der Waals surface area contributed by atoms with Gasteiger partial charge in [-0.15, -0.1) is 13.2 Å². The maximum Gasteiger partial charge on any atom is 0.224 e. The maximum atomic E-state index is 11.8. The van der Waals surface area contributed by atoms with E-state index in [1.165, 1.54) is 0 Å². The minimum absolute atomic E-state index is 0.189. The van der Waals surface area contributed by atoms with Gasteiger partial charge in [0.05, 0.1) is 0 Å². The van der Waals surface area contributed by atoms with Gasteiger partial charge in [0, 0.05) is 38.6 Å². The molecule has 3 heteroatoms. The van der Waals surface area contributed by atoms with Gasteiger partial charge in [-0.05, 0) is 6.92 Å². The number of rotatable bonds is 7. The zero-order valence-corrected chi connectivity index (χ0v) is 9.48. The predicted octanol–water partition coefficient (Wildman–Crippen LogP) is 1.28. The molecule has 3 nitrogen and oxygen atoms in total. The van der Waals surface area contributed by atoms with Crippen molar-refractivity contribution >= 4 is 5.91 Å². The average Bonchev–Trinajstić information content (AvgIpc) is 2.91. The van der Waals surface area contributed by atoms with E-state index in [4.69, 9.17) is 0 Å². The van der Waals surface area contributed by atoms with Crippen molar-refractivity contribution in [2.75, 3.05) is 26.2 Å². The van der Waals surface area contributed by atoms with Gasteiger partial charge in [-0.1, -0.05) is 12.2 Å². The number of carbonyl (C=O) groups is 1. The average molecular weight is 208 g/mol. The highest BCUT2D eigenvalue weighted by Crippen LogP contribution is 2.15. The van der Waals surface area contributed by atoms with Gasteiger partial charge >= 0.3 is 0 Å². The topological polar surface area (TPSA) is 23.3 Å². The van der Waals surface area contributed by atoms with Crippen LogP contribution in [-0.4, -0.2) is 47.9 Å². The third-order valence-electron chi connectivity index (χ3n) is 2.65. The second-order valence-electron chi connectivity index (χ2n) is 3.97. The molecule has 1 aliphatic heterocycles. The summed E-state index contributed by atoms with van der Waals surface area (Å²) in [5.41, 5.74) is 0. The summed E-state index contributed by atoms with van der Waals surface area (Å²) in [6.07, 6.45) is 4.11. The van der Waals surface area contributed by atoms with Crippen LogP contribution in [0.25, 0.3) is 0 Å². The van der Waals surface area contributed by atoms with Gasteiger partial charge in [-0.25, -0.2) is 0 Å². The summed E-state index contributed by atoms with van der Waals surface area (Å²) in [5.74, 6) is 0.189. The Hall–Kier alpha value is -1.09. The van der Waals surface area contributed by atoms with Crippen LogP contribution in [0.1, 0.15) is 13.3 Å². The molecule has 1 saturated heterocycles. The molecule has 15 heavy (non-hydrogen) atoms. The molecule has 1 fully saturated rings. The van der Waals surface area contributed by atoms with Gasteiger partial charge in [0.15, 0.2) is 0 Å². The van der Waals surface area contributed by atoms with Crippen LogP contribution in [0.4, 0.5) is 0 Å². The molecular weight excluding hydrogens is 188 g/mol. The van der Waals surface area contributed by atoms with Crippen molar-refractivity contribution in [3.8, 4) is 0 Å². The first-order valence-corrected chi connectivity index (χ1v) is 5.42. The third kappa shape index (κ3) is 3.88. The highest BCUT2D eigenvalue weighted by atomic mass is 16.2.